The number of hydrogen-bond acceptors (Lipinski definition) is 3. The number of hydrogen-bond donors (Lipinski definition) is 0. The molecule has 0 N–H and O–H groups in total. The van der Waals surface area contributed by atoms with Gasteiger partial charge < -0.3 is 9.80 Å². The number of carbonyl (C=O) groups excluding carboxylic acids is 1. The minimum Gasteiger partial charge on any atom is -0.378 e. The first-order valence-electron chi connectivity index (χ1n) is 9.07. The van der Waals surface area contributed by atoms with Gasteiger partial charge in [-0.3, -0.25) is 9.69 Å². The van der Waals surface area contributed by atoms with Gasteiger partial charge in [-0.1, -0.05) is 24.3 Å². The van der Waals surface area contributed by atoms with Gasteiger partial charge in [-0.2, -0.15) is 0 Å². The fourth-order valence-electron chi connectivity index (χ4n) is 3.30. The Morgan fingerprint density at radius 3 is 2.62 bits per heavy atom. The molecule has 1 saturated heterocycles. The van der Waals surface area contributed by atoms with Crippen molar-refractivity contribution in [3.05, 3.63) is 65.5 Å². The van der Waals surface area contributed by atoms with Crippen LogP contribution in [0.1, 0.15) is 22.3 Å². The molecule has 0 unspecified atom stereocenters. The summed E-state index contributed by atoms with van der Waals surface area (Å²) in [7, 11) is 3.94. The van der Waals surface area contributed by atoms with Crippen molar-refractivity contribution in [1.29, 1.82) is 0 Å². The summed E-state index contributed by atoms with van der Waals surface area (Å²) < 4.78 is 13.9. The predicted molar refractivity (Wildman–Crippen MR) is 103 cm³/mol. The summed E-state index contributed by atoms with van der Waals surface area (Å²) in [6, 6.07) is 14.6. The van der Waals surface area contributed by atoms with Crippen molar-refractivity contribution >= 4 is 11.6 Å². The third kappa shape index (κ3) is 4.41. The molecule has 0 aromatic heterocycles. The molecule has 0 spiro atoms. The molecule has 4 nitrogen and oxygen atoms in total. The lowest BCUT2D eigenvalue weighted by Gasteiger charge is -2.23. The largest absolute Gasteiger partial charge is 0.378 e. The van der Waals surface area contributed by atoms with E-state index < -0.39 is 0 Å². The van der Waals surface area contributed by atoms with Crippen LogP contribution in [0.15, 0.2) is 48.5 Å². The maximum absolute atomic E-state index is 13.9. The molecule has 138 valence electrons. The van der Waals surface area contributed by atoms with Crippen LogP contribution < -0.4 is 4.90 Å². The normalized spacial score (nSPS) is 15.6. The van der Waals surface area contributed by atoms with Crippen molar-refractivity contribution in [2.24, 2.45) is 0 Å². The summed E-state index contributed by atoms with van der Waals surface area (Å²) in [5.41, 5.74) is 2.46. The van der Waals surface area contributed by atoms with Crippen molar-refractivity contribution in [2.45, 2.75) is 13.0 Å². The lowest BCUT2D eigenvalue weighted by Crippen LogP contribution is -2.35. The quantitative estimate of drug-likeness (QED) is 0.842. The van der Waals surface area contributed by atoms with Crippen molar-refractivity contribution in [1.82, 2.24) is 9.80 Å². The maximum atomic E-state index is 13.9. The highest BCUT2D eigenvalue weighted by Gasteiger charge is 2.21. The molecule has 1 fully saturated rings. The lowest BCUT2D eigenvalue weighted by atomic mass is 10.1. The zero-order chi connectivity index (χ0) is 18.5. The predicted octanol–water partition coefficient (Wildman–Crippen LogP) is 3.24. The minimum atomic E-state index is -0.162. The number of rotatable bonds is 4. The molecule has 1 aliphatic rings. The zero-order valence-corrected chi connectivity index (χ0v) is 15.5. The number of amides is 1. The summed E-state index contributed by atoms with van der Waals surface area (Å²) in [5, 5.41) is 0. The Morgan fingerprint density at radius 2 is 1.85 bits per heavy atom. The minimum absolute atomic E-state index is 0.0708. The maximum Gasteiger partial charge on any atom is 0.253 e. The van der Waals surface area contributed by atoms with Crippen molar-refractivity contribution < 1.29 is 9.18 Å². The Balaban J connectivity index is 1.64. The summed E-state index contributed by atoms with van der Waals surface area (Å²) >= 11 is 0. The van der Waals surface area contributed by atoms with Gasteiger partial charge in [0, 0.05) is 63.6 Å². The molecule has 5 heteroatoms. The summed E-state index contributed by atoms with van der Waals surface area (Å²) in [6.07, 6.45) is 0.896. The second-order valence-electron chi connectivity index (χ2n) is 6.96. The fourth-order valence-corrected chi connectivity index (χ4v) is 3.30. The summed E-state index contributed by atoms with van der Waals surface area (Å²) in [4.78, 5) is 19.0. The summed E-state index contributed by atoms with van der Waals surface area (Å²) in [5.74, 6) is -0.0911. The van der Waals surface area contributed by atoms with Gasteiger partial charge in [0.1, 0.15) is 5.82 Å². The Hall–Kier alpha value is -2.40. The van der Waals surface area contributed by atoms with E-state index in [1.54, 1.807) is 6.07 Å². The Bertz CT molecular complexity index is 762. The lowest BCUT2D eigenvalue weighted by molar-refractivity contribution is 0.0761. The molecule has 1 heterocycles. The molecular weight excluding hydrogens is 329 g/mol. The van der Waals surface area contributed by atoms with E-state index in [-0.39, 0.29) is 11.7 Å². The topological polar surface area (TPSA) is 26.8 Å². The molecule has 3 rings (SSSR count). The van der Waals surface area contributed by atoms with E-state index in [1.165, 1.54) is 6.07 Å². The molecule has 1 amide bonds. The van der Waals surface area contributed by atoms with Gasteiger partial charge in [-0.25, -0.2) is 4.39 Å². The van der Waals surface area contributed by atoms with Crippen LogP contribution in [0.3, 0.4) is 0 Å². The zero-order valence-electron chi connectivity index (χ0n) is 15.5. The molecule has 0 aliphatic carbocycles. The van der Waals surface area contributed by atoms with Crippen LogP contribution in [0.4, 0.5) is 10.1 Å². The van der Waals surface area contributed by atoms with E-state index in [0.717, 1.165) is 37.3 Å². The van der Waals surface area contributed by atoms with Crippen LogP contribution in [0.2, 0.25) is 0 Å². The first-order chi connectivity index (χ1) is 12.5. The molecule has 2 aromatic carbocycles. The van der Waals surface area contributed by atoms with Gasteiger partial charge in [0.15, 0.2) is 0 Å². The highest BCUT2D eigenvalue weighted by atomic mass is 19.1. The van der Waals surface area contributed by atoms with E-state index in [0.29, 0.717) is 18.7 Å². The first-order valence-corrected chi connectivity index (χ1v) is 9.07. The third-order valence-corrected chi connectivity index (χ3v) is 4.84. The van der Waals surface area contributed by atoms with Crippen molar-refractivity contribution in [3.8, 4) is 0 Å². The highest BCUT2D eigenvalue weighted by molar-refractivity contribution is 5.95. The number of anilines is 1. The van der Waals surface area contributed by atoms with Crippen LogP contribution >= 0.6 is 0 Å². The smallest absolute Gasteiger partial charge is 0.253 e. The number of nitrogens with zero attached hydrogens (tertiary/aromatic N) is 3. The molecule has 0 saturated carbocycles. The van der Waals surface area contributed by atoms with E-state index in [9.17, 15) is 9.18 Å². The van der Waals surface area contributed by atoms with E-state index >= 15 is 0 Å². The van der Waals surface area contributed by atoms with Crippen LogP contribution in [-0.4, -0.2) is 56.0 Å². The molecule has 0 atom stereocenters. The van der Waals surface area contributed by atoms with Crippen LogP contribution in [0, 0.1) is 5.82 Å². The van der Waals surface area contributed by atoms with Crippen LogP contribution in [-0.2, 0) is 6.54 Å². The highest BCUT2D eigenvalue weighted by Crippen LogP contribution is 2.17. The number of halogens is 1. The van der Waals surface area contributed by atoms with Gasteiger partial charge >= 0.3 is 0 Å². The monoisotopic (exact) mass is 355 g/mol. The molecule has 2 aromatic rings. The molecule has 26 heavy (non-hydrogen) atoms. The van der Waals surface area contributed by atoms with Crippen LogP contribution in [0.25, 0.3) is 0 Å². The van der Waals surface area contributed by atoms with Gasteiger partial charge in [0.25, 0.3) is 5.91 Å². The Kier molecular flexibility index (Phi) is 5.89. The number of carbonyl (C=O) groups is 1. The van der Waals surface area contributed by atoms with E-state index in [2.05, 4.69) is 4.90 Å². The Labute approximate surface area is 154 Å². The number of benzene rings is 2. The molecule has 0 radical (unpaired) electrons. The van der Waals surface area contributed by atoms with Gasteiger partial charge in [0.2, 0.25) is 0 Å². The van der Waals surface area contributed by atoms with E-state index in [4.69, 9.17) is 0 Å². The average molecular weight is 355 g/mol. The van der Waals surface area contributed by atoms with Gasteiger partial charge in [-0.15, -0.1) is 0 Å². The van der Waals surface area contributed by atoms with Gasteiger partial charge in [0.05, 0.1) is 0 Å². The SMILES string of the molecule is CN(C)c1cccc(C(=O)N2CCCN(Cc3ccccc3F)CC2)c1. The molecule has 1 aliphatic heterocycles. The van der Waals surface area contributed by atoms with Crippen molar-refractivity contribution in [2.75, 3.05) is 45.2 Å². The standard InChI is InChI=1S/C21H26FN3O/c1-23(2)19-9-5-8-17(15-19)21(26)25-12-6-11-24(13-14-25)16-18-7-3-4-10-20(18)22/h3-5,7-10,15H,6,11-14,16H2,1-2H3. The first kappa shape index (κ1) is 18.4. The second-order valence-corrected chi connectivity index (χ2v) is 6.96. The van der Waals surface area contributed by atoms with Crippen molar-refractivity contribution in [3.63, 3.8) is 0 Å². The third-order valence-electron chi connectivity index (χ3n) is 4.84. The molecular formula is C21H26FN3O. The van der Waals surface area contributed by atoms with E-state index in [1.807, 2.05) is 60.3 Å². The van der Waals surface area contributed by atoms with Gasteiger partial charge in [-0.05, 0) is 30.7 Å². The fraction of sp³-hybridized carbons (Fsp3) is 0.381. The molecule has 0 bridgehead atoms. The Morgan fingerprint density at radius 1 is 1.04 bits per heavy atom. The van der Waals surface area contributed by atoms with Crippen LogP contribution in [0.5, 0.6) is 0 Å². The summed E-state index contributed by atoms with van der Waals surface area (Å²) in [6.45, 7) is 3.62. The second kappa shape index (κ2) is 8.32. The average Bonchev–Trinajstić information content (AvgIpc) is 2.89.